The Hall–Kier alpha value is -3.75. The predicted octanol–water partition coefficient (Wildman–Crippen LogP) is 4.19. The number of carbonyl (C=O) groups excluding carboxylic acids is 1. The predicted molar refractivity (Wildman–Crippen MR) is 114 cm³/mol. The number of methoxy groups -OCH3 is 1. The Morgan fingerprint density at radius 1 is 0.968 bits per heavy atom. The minimum atomic E-state index is -0.397. The molecule has 0 aliphatic heterocycles. The zero-order valence-electron chi connectivity index (χ0n) is 17.9. The smallest absolute Gasteiger partial charge is 0.322 e. The first-order chi connectivity index (χ1) is 15.1. The van der Waals surface area contributed by atoms with Crippen LogP contribution in [0.25, 0.3) is 11.5 Å². The van der Waals surface area contributed by atoms with E-state index in [9.17, 15) is 4.79 Å². The van der Waals surface area contributed by atoms with Crippen molar-refractivity contribution in [1.29, 1.82) is 0 Å². The van der Waals surface area contributed by atoms with Crippen molar-refractivity contribution in [3.05, 3.63) is 42.0 Å². The fraction of sp³-hybridized carbons (Fsp3) is 0.318. The molecule has 9 heteroatoms. The van der Waals surface area contributed by atoms with Gasteiger partial charge < -0.3 is 23.4 Å². The first-order valence-corrected chi connectivity index (χ1v) is 9.95. The number of hydrogen-bond acceptors (Lipinski definition) is 8. The van der Waals surface area contributed by atoms with E-state index in [0.29, 0.717) is 53.9 Å². The maximum Gasteiger partial charge on any atom is 0.322 e. The van der Waals surface area contributed by atoms with Crippen LogP contribution in [0.1, 0.15) is 31.1 Å². The van der Waals surface area contributed by atoms with Gasteiger partial charge in [0.25, 0.3) is 5.91 Å². The minimum Gasteiger partial charge on any atom is -0.497 e. The number of hydrogen-bond donors (Lipinski definition) is 1. The van der Waals surface area contributed by atoms with Crippen LogP contribution in [-0.4, -0.2) is 43.0 Å². The van der Waals surface area contributed by atoms with Crippen molar-refractivity contribution >= 4 is 11.9 Å². The quantitative estimate of drug-likeness (QED) is 0.513. The number of amides is 1. The molecular formula is C22H25N3O6. The average Bonchev–Trinajstić information content (AvgIpc) is 3.24. The zero-order valence-corrected chi connectivity index (χ0v) is 17.9. The third kappa shape index (κ3) is 5.25. The summed E-state index contributed by atoms with van der Waals surface area (Å²) in [6.07, 6.45) is 0. The molecule has 0 aliphatic rings. The number of benzene rings is 2. The molecule has 0 spiro atoms. The van der Waals surface area contributed by atoms with E-state index in [-0.39, 0.29) is 11.9 Å². The van der Waals surface area contributed by atoms with Gasteiger partial charge in [-0.2, -0.15) is 0 Å². The van der Waals surface area contributed by atoms with Gasteiger partial charge in [0.05, 0.1) is 26.9 Å². The second-order valence-electron chi connectivity index (χ2n) is 6.20. The number of anilines is 1. The standard InChI is InChI=1S/C22H25N3O6/c1-5-28-17-12-15(13-18(29-6-2)19(17)30-7-3)21-24-25-22(31-21)23-20(26)14-9-8-10-16(11-14)27-4/h8-13H,5-7H2,1-4H3,(H,23,25,26). The summed E-state index contributed by atoms with van der Waals surface area (Å²) in [6.45, 7) is 6.99. The molecule has 3 aromatic rings. The molecule has 0 radical (unpaired) electrons. The molecule has 164 valence electrons. The Bertz CT molecular complexity index is 1010. The van der Waals surface area contributed by atoms with Gasteiger partial charge in [-0.3, -0.25) is 10.1 Å². The van der Waals surface area contributed by atoms with E-state index in [1.165, 1.54) is 7.11 Å². The van der Waals surface area contributed by atoms with Crippen molar-refractivity contribution in [3.63, 3.8) is 0 Å². The van der Waals surface area contributed by atoms with Gasteiger partial charge in [0.15, 0.2) is 11.5 Å². The Balaban J connectivity index is 1.87. The molecular weight excluding hydrogens is 402 g/mol. The lowest BCUT2D eigenvalue weighted by Crippen LogP contribution is -2.12. The van der Waals surface area contributed by atoms with Crippen LogP contribution in [0.5, 0.6) is 23.0 Å². The van der Waals surface area contributed by atoms with E-state index in [2.05, 4.69) is 15.5 Å². The second kappa shape index (κ2) is 10.3. The van der Waals surface area contributed by atoms with Crippen LogP contribution in [0.4, 0.5) is 6.01 Å². The van der Waals surface area contributed by atoms with Crippen molar-refractivity contribution in [2.45, 2.75) is 20.8 Å². The van der Waals surface area contributed by atoms with Crippen molar-refractivity contribution in [2.24, 2.45) is 0 Å². The number of rotatable bonds is 10. The summed E-state index contributed by atoms with van der Waals surface area (Å²) in [6, 6.07) is 10.2. The number of carbonyl (C=O) groups is 1. The molecule has 0 fully saturated rings. The molecule has 0 saturated heterocycles. The average molecular weight is 427 g/mol. The molecule has 0 saturated carbocycles. The van der Waals surface area contributed by atoms with Gasteiger partial charge in [-0.15, -0.1) is 5.10 Å². The Labute approximate surface area is 180 Å². The summed E-state index contributed by atoms with van der Waals surface area (Å²) >= 11 is 0. The summed E-state index contributed by atoms with van der Waals surface area (Å²) in [5.41, 5.74) is 0.974. The summed E-state index contributed by atoms with van der Waals surface area (Å²) in [4.78, 5) is 12.5. The molecule has 0 aliphatic carbocycles. The van der Waals surface area contributed by atoms with Gasteiger partial charge >= 0.3 is 6.01 Å². The maximum atomic E-state index is 12.5. The summed E-state index contributed by atoms with van der Waals surface area (Å²) in [5.74, 6) is 1.90. The molecule has 31 heavy (non-hydrogen) atoms. The lowest BCUT2D eigenvalue weighted by atomic mass is 10.2. The van der Waals surface area contributed by atoms with E-state index in [0.717, 1.165) is 0 Å². The number of nitrogens with one attached hydrogen (secondary N) is 1. The molecule has 0 atom stereocenters. The Kier molecular flexibility index (Phi) is 7.31. The molecule has 1 heterocycles. The zero-order chi connectivity index (χ0) is 22.2. The SMILES string of the molecule is CCOc1cc(-c2nnc(NC(=O)c3cccc(OC)c3)o2)cc(OCC)c1OCC. The Morgan fingerprint density at radius 2 is 1.65 bits per heavy atom. The highest BCUT2D eigenvalue weighted by atomic mass is 16.5. The van der Waals surface area contributed by atoms with Gasteiger partial charge in [-0.25, -0.2) is 0 Å². The summed E-state index contributed by atoms with van der Waals surface area (Å²) in [7, 11) is 1.53. The minimum absolute atomic E-state index is 0.0346. The lowest BCUT2D eigenvalue weighted by Gasteiger charge is -2.16. The topological polar surface area (TPSA) is 105 Å². The third-order valence-corrected chi connectivity index (χ3v) is 4.13. The molecule has 3 rings (SSSR count). The van der Waals surface area contributed by atoms with Crippen LogP contribution in [0.3, 0.4) is 0 Å². The summed E-state index contributed by atoms with van der Waals surface area (Å²) in [5, 5.41) is 10.5. The largest absolute Gasteiger partial charge is 0.497 e. The van der Waals surface area contributed by atoms with Crippen molar-refractivity contribution in [2.75, 3.05) is 32.2 Å². The number of aromatic nitrogens is 2. The van der Waals surface area contributed by atoms with E-state index < -0.39 is 5.91 Å². The van der Waals surface area contributed by atoms with Crippen LogP contribution in [0, 0.1) is 0 Å². The summed E-state index contributed by atoms with van der Waals surface area (Å²) < 4.78 is 27.9. The molecule has 2 aromatic carbocycles. The normalized spacial score (nSPS) is 10.5. The van der Waals surface area contributed by atoms with Crippen LogP contribution in [0.15, 0.2) is 40.8 Å². The van der Waals surface area contributed by atoms with Crippen LogP contribution in [-0.2, 0) is 0 Å². The molecule has 1 N–H and O–H groups in total. The van der Waals surface area contributed by atoms with Gasteiger partial charge in [0.2, 0.25) is 11.6 Å². The fourth-order valence-electron chi connectivity index (χ4n) is 2.84. The van der Waals surface area contributed by atoms with E-state index in [1.54, 1.807) is 36.4 Å². The molecule has 0 unspecified atom stereocenters. The highest BCUT2D eigenvalue weighted by molar-refractivity contribution is 6.03. The highest BCUT2D eigenvalue weighted by Crippen LogP contribution is 2.41. The van der Waals surface area contributed by atoms with Gasteiger partial charge in [0, 0.05) is 11.1 Å². The highest BCUT2D eigenvalue weighted by Gasteiger charge is 2.19. The Morgan fingerprint density at radius 3 is 2.26 bits per heavy atom. The fourth-order valence-corrected chi connectivity index (χ4v) is 2.84. The van der Waals surface area contributed by atoms with Gasteiger partial charge in [0.1, 0.15) is 5.75 Å². The van der Waals surface area contributed by atoms with Crippen molar-refractivity contribution in [1.82, 2.24) is 10.2 Å². The van der Waals surface area contributed by atoms with E-state index >= 15 is 0 Å². The van der Waals surface area contributed by atoms with Crippen molar-refractivity contribution < 1.29 is 28.2 Å². The number of ether oxygens (including phenoxy) is 4. The lowest BCUT2D eigenvalue weighted by molar-refractivity contribution is 0.102. The van der Waals surface area contributed by atoms with E-state index in [4.69, 9.17) is 23.4 Å². The first kappa shape index (κ1) is 21.9. The first-order valence-electron chi connectivity index (χ1n) is 9.95. The maximum absolute atomic E-state index is 12.5. The number of nitrogens with zero attached hydrogens (tertiary/aromatic N) is 2. The van der Waals surface area contributed by atoms with Crippen LogP contribution < -0.4 is 24.3 Å². The molecule has 1 aromatic heterocycles. The monoisotopic (exact) mass is 427 g/mol. The van der Waals surface area contributed by atoms with Crippen molar-refractivity contribution in [3.8, 4) is 34.5 Å². The van der Waals surface area contributed by atoms with Gasteiger partial charge in [-0.05, 0) is 51.1 Å². The second-order valence-corrected chi connectivity index (χ2v) is 6.20. The molecule has 1 amide bonds. The van der Waals surface area contributed by atoms with E-state index in [1.807, 2.05) is 20.8 Å². The van der Waals surface area contributed by atoms with Crippen LogP contribution in [0.2, 0.25) is 0 Å². The van der Waals surface area contributed by atoms with Gasteiger partial charge in [-0.1, -0.05) is 11.2 Å². The van der Waals surface area contributed by atoms with Crippen LogP contribution >= 0.6 is 0 Å². The molecule has 0 bridgehead atoms. The third-order valence-electron chi connectivity index (χ3n) is 4.13. The molecule has 9 nitrogen and oxygen atoms in total.